The molecule has 0 bridgehead atoms. The highest BCUT2D eigenvalue weighted by Crippen LogP contribution is 2.08. The smallest absolute Gasteiger partial charge is 0.0267 e. The molecule has 0 fully saturated rings. The SMILES string of the molecule is CCCCCCCCCCI.c1ccncc1. The lowest BCUT2D eigenvalue weighted by atomic mass is 10.1. The number of rotatable bonds is 8. The van der Waals surface area contributed by atoms with E-state index in [1.54, 1.807) is 12.4 Å². The molecule has 0 spiro atoms. The van der Waals surface area contributed by atoms with Gasteiger partial charge in [-0.3, -0.25) is 4.98 Å². The summed E-state index contributed by atoms with van der Waals surface area (Å²) in [6.45, 7) is 2.27. The molecule has 0 unspecified atom stereocenters. The molecule has 17 heavy (non-hydrogen) atoms. The van der Waals surface area contributed by atoms with Crippen LogP contribution in [0.25, 0.3) is 0 Å². The van der Waals surface area contributed by atoms with E-state index in [1.807, 2.05) is 18.2 Å². The Morgan fingerprint density at radius 2 is 1.29 bits per heavy atom. The first-order valence-corrected chi connectivity index (χ1v) is 8.35. The number of unbranched alkanes of at least 4 members (excludes halogenated alkanes) is 7. The van der Waals surface area contributed by atoms with Crippen LogP contribution in [0.5, 0.6) is 0 Å². The van der Waals surface area contributed by atoms with Crippen molar-refractivity contribution in [2.24, 2.45) is 0 Å². The summed E-state index contributed by atoms with van der Waals surface area (Å²) in [7, 11) is 0. The molecule has 1 heterocycles. The highest BCUT2D eigenvalue weighted by Gasteiger charge is 1.89. The molecule has 0 aliphatic carbocycles. The van der Waals surface area contributed by atoms with Crippen LogP contribution in [0.1, 0.15) is 58.3 Å². The van der Waals surface area contributed by atoms with E-state index in [0.717, 1.165) is 0 Å². The van der Waals surface area contributed by atoms with Crippen LogP contribution in [0.15, 0.2) is 30.6 Å². The van der Waals surface area contributed by atoms with Gasteiger partial charge in [0.1, 0.15) is 0 Å². The Kier molecular flexibility index (Phi) is 15.8. The number of alkyl halides is 1. The molecule has 0 saturated carbocycles. The van der Waals surface area contributed by atoms with Crippen molar-refractivity contribution in [3.05, 3.63) is 30.6 Å². The Labute approximate surface area is 121 Å². The highest BCUT2D eigenvalue weighted by atomic mass is 127. The van der Waals surface area contributed by atoms with Crippen molar-refractivity contribution in [2.75, 3.05) is 4.43 Å². The summed E-state index contributed by atoms with van der Waals surface area (Å²) >= 11 is 2.46. The van der Waals surface area contributed by atoms with Gasteiger partial charge >= 0.3 is 0 Å². The molecular weight excluding hydrogens is 321 g/mol. The van der Waals surface area contributed by atoms with Crippen molar-refractivity contribution in [2.45, 2.75) is 58.3 Å². The summed E-state index contributed by atoms with van der Waals surface area (Å²) in [6.07, 6.45) is 15.0. The molecule has 0 aliphatic heterocycles. The maximum absolute atomic E-state index is 3.78. The fraction of sp³-hybridized carbons (Fsp3) is 0.667. The molecule has 1 aromatic rings. The standard InChI is InChI=1S/C10H21I.C5H5N/c1-2-3-4-5-6-7-8-9-10-11;1-2-4-6-5-3-1/h2-10H2,1H3;1-5H. The predicted octanol–water partition coefficient (Wildman–Crippen LogP) is 5.64. The number of hydrogen-bond acceptors (Lipinski definition) is 1. The largest absolute Gasteiger partial charge is 0.265 e. The molecule has 0 N–H and O–H groups in total. The zero-order valence-corrected chi connectivity index (χ0v) is 13.2. The van der Waals surface area contributed by atoms with Crippen LogP contribution >= 0.6 is 22.6 Å². The van der Waals surface area contributed by atoms with Gasteiger partial charge in [-0.05, 0) is 23.0 Å². The lowest BCUT2D eigenvalue weighted by molar-refractivity contribution is 0.587. The molecule has 1 rings (SSSR count). The first kappa shape index (κ1) is 16.9. The lowest BCUT2D eigenvalue weighted by Gasteiger charge is -1.98. The Morgan fingerprint density at radius 3 is 1.65 bits per heavy atom. The maximum Gasteiger partial charge on any atom is 0.0267 e. The third kappa shape index (κ3) is 15.9. The van der Waals surface area contributed by atoms with Gasteiger partial charge < -0.3 is 0 Å². The van der Waals surface area contributed by atoms with E-state index >= 15 is 0 Å². The zero-order valence-electron chi connectivity index (χ0n) is 11.1. The van der Waals surface area contributed by atoms with Gasteiger partial charge in [0.15, 0.2) is 0 Å². The monoisotopic (exact) mass is 347 g/mol. The molecule has 1 aromatic heterocycles. The summed E-state index contributed by atoms with van der Waals surface area (Å²) in [4.78, 5) is 3.78. The van der Waals surface area contributed by atoms with E-state index < -0.39 is 0 Å². The number of halogens is 1. The van der Waals surface area contributed by atoms with Gasteiger partial charge in [0.25, 0.3) is 0 Å². The van der Waals surface area contributed by atoms with Gasteiger partial charge in [-0.25, -0.2) is 0 Å². The molecule has 1 nitrogen and oxygen atoms in total. The van der Waals surface area contributed by atoms with Crippen molar-refractivity contribution in [3.8, 4) is 0 Å². The summed E-state index contributed by atoms with van der Waals surface area (Å²) in [5.74, 6) is 0. The van der Waals surface area contributed by atoms with Crippen LogP contribution in [-0.2, 0) is 0 Å². The molecule has 98 valence electrons. The summed E-state index contributed by atoms with van der Waals surface area (Å²) in [6, 6.07) is 5.72. The summed E-state index contributed by atoms with van der Waals surface area (Å²) in [5, 5.41) is 0. The van der Waals surface area contributed by atoms with Gasteiger partial charge in [0, 0.05) is 12.4 Å². The van der Waals surface area contributed by atoms with E-state index in [1.165, 1.54) is 55.8 Å². The Balaban J connectivity index is 0.000000354. The maximum atomic E-state index is 3.78. The second-order valence-electron chi connectivity index (χ2n) is 4.19. The normalized spacial score (nSPS) is 9.53. The molecule has 0 amide bonds. The van der Waals surface area contributed by atoms with Crippen LogP contribution in [0, 0.1) is 0 Å². The van der Waals surface area contributed by atoms with Gasteiger partial charge in [0.2, 0.25) is 0 Å². The van der Waals surface area contributed by atoms with E-state index in [0.29, 0.717) is 0 Å². The highest BCUT2D eigenvalue weighted by molar-refractivity contribution is 14.1. The van der Waals surface area contributed by atoms with Gasteiger partial charge in [-0.15, -0.1) is 0 Å². The van der Waals surface area contributed by atoms with Crippen molar-refractivity contribution in [1.82, 2.24) is 4.98 Å². The van der Waals surface area contributed by atoms with Crippen LogP contribution in [-0.4, -0.2) is 9.41 Å². The number of aromatic nitrogens is 1. The molecule has 0 aliphatic rings. The summed E-state index contributed by atoms with van der Waals surface area (Å²) < 4.78 is 1.34. The Hall–Kier alpha value is -0.120. The topological polar surface area (TPSA) is 12.9 Å². The van der Waals surface area contributed by atoms with Crippen molar-refractivity contribution in [3.63, 3.8) is 0 Å². The Morgan fingerprint density at radius 1 is 0.765 bits per heavy atom. The molecule has 0 radical (unpaired) electrons. The third-order valence-corrected chi connectivity index (χ3v) is 3.32. The fourth-order valence-electron chi connectivity index (χ4n) is 1.54. The minimum atomic E-state index is 1.34. The van der Waals surface area contributed by atoms with Crippen molar-refractivity contribution in [1.29, 1.82) is 0 Å². The average Bonchev–Trinajstić information content (AvgIpc) is 2.41. The predicted molar refractivity (Wildman–Crippen MR) is 85.7 cm³/mol. The van der Waals surface area contributed by atoms with E-state index in [2.05, 4.69) is 34.5 Å². The molecule has 0 atom stereocenters. The van der Waals surface area contributed by atoms with Crippen molar-refractivity contribution < 1.29 is 0 Å². The van der Waals surface area contributed by atoms with Crippen LogP contribution in [0.2, 0.25) is 0 Å². The second kappa shape index (κ2) is 15.9. The van der Waals surface area contributed by atoms with E-state index in [4.69, 9.17) is 0 Å². The van der Waals surface area contributed by atoms with Crippen molar-refractivity contribution >= 4 is 22.6 Å². The minimum absolute atomic E-state index is 1.34. The third-order valence-electron chi connectivity index (χ3n) is 2.55. The molecule has 0 saturated heterocycles. The fourth-order valence-corrected chi connectivity index (χ4v) is 2.08. The van der Waals surface area contributed by atoms with Gasteiger partial charge in [-0.1, -0.05) is 80.5 Å². The van der Waals surface area contributed by atoms with Gasteiger partial charge in [0.05, 0.1) is 0 Å². The van der Waals surface area contributed by atoms with Crippen LogP contribution in [0.3, 0.4) is 0 Å². The zero-order chi connectivity index (χ0) is 12.6. The first-order chi connectivity index (χ1) is 8.41. The quantitative estimate of drug-likeness (QED) is 0.337. The second-order valence-corrected chi connectivity index (χ2v) is 5.27. The first-order valence-electron chi connectivity index (χ1n) is 6.82. The minimum Gasteiger partial charge on any atom is -0.265 e. The molecular formula is C15H26IN. The van der Waals surface area contributed by atoms with Crippen LogP contribution in [0.4, 0.5) is 0 Å². The van der Waals surface area contributed by atoms with Gasteiger partial charge in [-0.2, -0.15) is 0 Å². The van der Waals surface area contributed by atoms with E-state index in [-0.39, 0.29) is 0 Å². The summed E-state index contributed by atoms with van der Waals surface area (Å²) in [5.41, 5.74) is 0. The number of hydrogen-bond donors (Lipinski definition) is 0. The molecule has 0 aromatic carbocycles. The number of pyridine rings is 1. The average molecular weight is 347 g/mol. The molecule has 2 heteroatoms. The van der Waals surface area contributed by atoms with E-state index in [9.17, 15) is 0 Å². The lowest BCUT2D eigenvalue weighted by Crippen LogP contribution is -1.80. The van der Waals surface area contributed by atoms with Crippen LogP contribution < -0.4 is 0 Å². The number of nitrogens with zero attached hydrogens (tertiary/aromatic N) is 1. The Bertz CT molecular complexity index is 179.